The van der Waals surface area contributed by atoms with Crippen molar-refractivity contribution in [2.24, 2.45) is 10.1 Å². The molecule has 11 nitrogen and oxygen atoms in total. The molecule has 2 heterocycles. The Hall–Kier alpha value is -4.41. The van der Waals surface area contributed by atoms with Crippen molar-refractivity contribution in [2.45, 2.75) is 80.4 Å². The molecule has 0 radical (unpaired) electrons. The molecule has 226 valence electrons. The van der Waals surface area contributed by atoms with Crippen molar-refractivity contribution in [3.63, 3.8) is 0 Å². The predicted molar refractivity (Wildman–Crippen MR) is 162 cm³/mol. The maximum absolute atomic E-state index is 13.3. The number of benzene rings is 1. The zero-order valence-corrected chi connectivity index (χ0v) is 26.4. The standard InChI is InChI=1S/C31H41N5O6/c1-13-40-27(37)20(4)26-33-23(16-24(36(26)32-11)34(12)28(38)41-30(5,6)7)22-17-35(29(39)42-31(8,9)10)25-19(3)14-18(2)15-21(22)25/h14-17H,11,13H2,1-10,12H3/b26-20+. The number of aliphatic imine (C=N–C) groups is 1. The van der Waals surface area contributed by atoms with Crippen molar-refractivity contribution in [3.8, 4) is 0 Å². The minimum Gasteiger partial charge on any atom is -0.463 e. The molecule has 0 spiro atoms. The molecule has 0 fully saturated rings. The van der Waals surface area contributed by atoms with E-state index in [1.54, 1.807) is 67.7 Å². The molecule has 0 saturated carbocycles. The number of hydrogen-bond acceptors (Lipinski definition) is 9. The Morgan fingerprint density at radius 3 is 2.21 bits per heavy atom. The van der Waals surface area contributed by atoms with Gasteiger partial charge in [-0.25, -0.2) is 19.4 Å². The number of nitrogens with zero attached hydrogens (tertiary/aromatic N) is 5. The Morgan fingerprint density at radius 1 is 1.05 bits per heavy atom. The Balaban J connectivity index is 2.36. The van der Waals surface area contributed by atoms with Crippen LogP contribution in [0.4, 0.5) is 9.59 Å². The van der Waals surface area contributed by atoms with E-state index in [1.807, 2.05) is 26.0 Å². The molecule has 1 aliphatic heterocycles. The third-order valence-corrected chi connectivity index (χ3v) is 6.08. The van der Waals surface area contributed by atoms with Gasteiger partial charge in [0.2, 0.25) is 0 Å². The number of allylic oxidation sites excluding steroid dienone is 1. The van der Waals surface area contributed by atoms with Crippen molar-refractivity contribution >= 4 is 41.5 Å². The molecule has 42 heavy (non-hydrogen) atoms. The van der Waals surface area contributed by atoms with Gasteiger partial charge in [0.25, 0.3) is 0 Å². The topological polar surface area (TPSA) is 115 Å². The number of carbonyl (C=O) groups is 3. The normalized spacial score (nSPS) is 15.1. The zero-order chi connectivity index (χ0) is 31.7. The van der Waals surface area contributed by atoms with E-state index in [9.17, 15) is 14.4 Å². The van der Waals surface area contributed by atoms with Gasteiger partial charge in [-0.3, -0.25) is 9.47 Å². The van der Waals surface area contributed by atoms with Crippen LogP contribution in [0.15, 0.2) is 51.7 Å². The molecule has 0 atom stereocenters. The quantitative estimate of drug-likeness (QED) is 0.178. The lowest BCUT2D eigenvalue weighted by Gasteiger charge is -2.33. The van der Waals surface area contributed by atoms with Crippen LogP contribution in [0.3, 0.4) is 0 Å². The number of aryl methyl sites for hydroxylation is 2. The highest BCUT2D eigenvalue weighted by atomic mass is 16.6. The number of hydrogen-bond donors (Lipinski definition) is 0. The fourth-order valence-corrected chi connectivity index (χ4v) is 4.41. The smallest absolute Gasteiger partial charge is 0.419 e. The molecule has 0 bridgehead atoms. The van der Waals surface area contributed by atoms with Gasteiger partial charge < -0.3 is 14.2 Å². The van der Waals surface area contributed by atoms with Crippen molar-refractivity contribution in [2.75, 3.05) is 13.7 Å². The second kappa shape index (κ2) is 11.8. The molecule has 2 aromatic rings. The Morgan fingerprint density at radius 2 is 1.67 bits per heavy atom. The average molecular weight is 580 g/mol. The number of carbonyl (C=O) groups excluding carboxylic acids is 3. The summed E-state index contributed by atoms with van der Waals surface area (Å²) in [5.41, 5.74) is 2.10. The van der Waals surface area contributed by atoms with Crippen LogP contribution in [-0.4, -0.2) is 69.9 Å². The number of amides is 1. The van der Waals surface area contributed by atoms with Gasteiger partial charge in [-0.15, -0.1) is 0 Å². The van der Waals surface area contributed by atoms with Gasteiger partial charge >= 0.3 is 18.2 Å². The van der Waals surface area contributed by atoms with E-state index >= 15 is 0 Å². The summed E-state index contributed by atoms with van der Waals surface area (Å²) in [4.78, 5) is 45.4. The van der Waals surface area contributed by atoms with Crippen LogP contribution in [0.25, 0.3) is 10.9 Å². The highest BCUT2D eigenvalue weighted by molar-refractivity contribution is 6.19. The minimum atomic E-state index is -0.765. The van der Waals surface area contributed by atoms with E-state index in [4.69, 9.17) is 19.2 Å². The van der Waals surface area contributed by atoms with Crippen molar-refractivity contribution in [1.82, 2.24) is 14.5 Å². The minimum absolute atomic E-state index is 0.105. The number of hydrazone groups is 1. The van der Waals surface area contributed by atoms with E-state index in [0.717, 1.165) is 16.5 Å². The molecule has 3 rings (SSSR count). The van der Waals surface area contributed by atoms with E-state index in [1.165, 1.54) is 21.5 Å². The van der Waals surface area contributed by atoms with Gasteiger partial charge in [0.05, 0.1) is 23.4 Å². The molecule has 0 N–H and O–H groups in total. The van der Waals surface area contributed by atoms with E-state index in [2.05, 4.69) is 11.8 Å². The molecule has 0 unspecified atom stereocenters. The Labute approximate surface area is 247 Å². The Bertz CT molecular complexity index is 1530. The second-order valence-electron chi connectivity index (χ2n) is 12.0. The van der Waals surface area contributed by atoms with Gasteiger partial charge in [0, 0.05) is 37.0 Å². The lowest BCUT2D eigenvalue weighted by atomic mass is 10.0. The molecule has 0 saturated heterocycles. The summed E-state index contributed by atoms with van der Waals surface area (Å²) in [6, 6.07) is 3.93. The first-order chi connectivity index (χ1) is 19.4. The highest BCUT2D eigenvalue weighted by Crippen LogP contribution is 2.33. The fraction of sp³-hybridized carbons (Fsp3) is 0.452. The summed E-state index contributed by atoms with van der Waals surface area (Å²) in [6.45, 7) is 21.6. The first kappa shape index (κ1) is 32.1. The molecule has 1 aromatic carbocycles. The van der Waals surface area contributed by atoms with Gasteiger partial charge in [-0.05, 0) is 80.9 Å². The Kier molecular flexibility index (Phi) is 9.04. The third-order valence-electron chi connectivity index (χ3n) is 6.08. The second-order valence-corrected chi connectivity index (χ2v) is 12.0. The summed E-state index contributed by atoms with van der Waals surface area (Å²) in [5.74, 6) is -0.271. The van der Waals surface area contributed by atoms with Gasteiger partial charge in [0.1, 0.15) is 17.0 Å². The monoisotopic (exact) mass is 579 g/mol. The van der Waals surface area contributed by atoms with Crippen molar-refractivity contribution in [1.29, 1.82) is 0 Å². The van der Waals surface area contributed by atoms with Crippen LogP contribution < -0.4 is 0 Å². The summed E-state index contributed by atoms with van der Waals surface area (Å²) in [7, 11) is 1.52. The highest BCUT2D eigenvalue weighted by Gasteiger charge is 2.33. The maximum atomic E-state index is 13.3. The number of ether oxygens (including phenoxy) is 3. The third kappa shape index (κ3) is 6.89. The zero-order valence-electron chi connectivity index (χ0n) is 26.4. The largest absolute Gasteiger partial charge is 0.463 e. The number of fused-ring (bicyclic) bond motifs is 1. The molecular formula is C31H41N5O6. The van der Waals surface area contributed by atoms with Gasteiger partial charge in [-0.2, -0.15) is 10.1 Å². The van der Waals surface area contributed by atoms with Gasteiger partial charge in [0.15, 0.2) is 5.82 Å². The van der Waals surface area contributed by atoms with E-state index < -0.39 is 29.4 Å². The number of aromatic nitrogens is 1. The maximum Gasteiger partial charge on any atom is 0.419 e. The molecule has 1 aromatic heterocycles. The SMILES string of the molecule is C=NN1C(N(C)C(=O)OC(C)(C)C)=CC(c2cn(C(=O)OC(C)(C)C)c3c(C)cc(C)cc23)=N/C1=C(/C)C(=O)OCC. The lowest BCUT2D eigenvalue weighted by molar-refractivity contribution is -0.138. The van der Waals surface area contributed by atoms with Crippen LogP contribution in [-0.2, 0) is 19.0 Å². The molecule has 11 heteroatoms. The predicted octanol–water partition coefficient (Wildman–Crippen LogP) is 6.26. The van der Waals surface area contributed by atoms with E-state index in [0.29, 0.717) is 16.8 Å². The van der Waals surface area contributed by atoms with Crippen molar-refractivity contribution < 1.29 is 28.6 Å². The van der Waals surface area contributed by atoms with Crippen LogP contribution in [0, 0.1) is 13.8 Å². The van der Waals surface area contributed by atoms with Gasteiger partial charge in [-0.1, -0.05) is 11.6 Å². The van der Waals surface area contributed by atoms with Crippen LogP contribution in [0.2, 0.25) is 0 Å². The average Bonchev–Trinajstić information content (AvgIpc) is 3.25. The number of esters is 1. The van der Waals surface area contributed by atoms with Crippen LogP contribution in [0.5, 0.6) is 0 Å². The summed E-state index contributed by atoms with van der Waals surface area (Å²) < 4.78 is 18.0. The van der Waals surface area contributed by atoms with E-state index in [-0.39, 0.29) is 23.8 Å². The first-order valence-corrected chi connectivity index (χ1v) is 13.7. The molecule has 0 aliphatic carbocycles. The first-order valence-electron chi connectivity index (χ1n) is 13.7. The molecule has 1 aliphatic rings. The number of rotatable bonds is 5. The molecule has 1 amide bonds. The lowest BCUT2D eigenvalue weighted by Crippen LogP contribution is -2.40. The summed E-state index contributed by atoms with van der Waals surface area (Å²) in [5, 5.41) is 6.10. The van der Waals surface area contributed by atoms with Crippen LogP contribution >= 0.6 is 0 Å². The fourth-order valence-electron chi connectivity index (χ4n) is 4.41. The molecular weight excluding hydrogens is 538 g/mol. The van der Waals surface area contributed by atoms with Crippen LogP contribution in [0.1, 0.15) is 72.1 Å². The van der Waals surface area contributed by atoms with Crippen molar-refractivity contribution in [3.05, 3.63) is 58.3 Å². The summed E-state index contributed by atoms with van der Waals surface area (Å²) in [6.07, 6.45) is 2.08. The summed E-state index contributed by atoms with van der Waals surface area (Å²) >= 11 is 0.